The van der Waals surface area contributed by atoms with Gasteiger partial charge < -0.3 is 36.2 Å². The van der Waals surface area contributed by atoms with Crippen molar-refractivity contribution in [1.29, 1.82) is 0 Å². The van der Waals surface area contributed by atoms with Crippen molar-refractivity contribution in [3.8, 4) is 11.5 Å². The number of anilines is 6. The maximum absolute atomic E-state index is 12.9. The number of phenols is 1. The van der Waals surface area contributed by atoms with Crippen molar-refractivity contribution in [3.63, 3.8) is 0 Å². The summed E-state index contributed by atoms with van der Waals surface area (Å²) in [6.45, 7) is 2.92. The average Bonchev–Trinajstić information content (AvgIpc) is 3.08. The highest BCUT2D eigenvalue weighted by Crippen LogP contribution is 2.38. The molecule has 5 aromatic rings. The lowest BCUT2D eigenvalue weighted by atomic mass is 10.0. The molecule has 0 aliphatic rings. The zero-order valence-corrected chi connectivity index (χ0v) is 27.7. The number of hydrazine groups is 2. The summed E-state index contributed by atoms with van der Waals surface area (Å²) in [4.78, 5) is 0.0493. The number of hydrogen-bond donors (Lipinski definition) is 8. The number of aromatic hydroxyl groups is 1. The molecule has 5 aromatic carbocycles. The van der Waals surface area contributed by atoms with Crippen molar-refractivity contribution in [2.45, 2.75) is 18.7 Å². The molecule has 48 heavy (non-hydrogen) atoms. The molecule has 0 fully saturated rings. The SMILES string of the molecule is COc1cc(NNc2ccc(S(=O)(=O)N(CCO)CCO)cc2)c(C)cc1NNc1c(C)cc2cc(Nc3ccccc3)ccc2c1O. The third-order valence-corrected chi connectivity index (χ3v) is 9.69. The molecule has 0 radical (unpaired) electrons. The van der Waals surface area contributed by atoms with Gasteiger partial charge in [0, 0.05) is 35.9 Å². The molecule has 0 aliphatic heterocycles. The van der Waals surface area contributed by atoms with Crippen LogP contribution in [0.5, 0.6) is 11.5 Å². The zero-order chi connectivity index (χ0) is 34.3. The van der Waals surface area contributed by atoms with Crippen LogP contribution in [0.3, 0.4) is 0 Å². The Bertz CT molecular complexity index is 1970. The van der Waals surface area contributed by atoms with Gasteiger partial charge in [-0.1, -0.05) is 18.2 Å². The van der Waals surface area contributed by atoms with Crippen molar-refractivity contribution < 1.29 is 28.5 Å². The molecule has 0 atom stereocenters. The highest BCUT2D eigenvalue weighted by atomic mass is 32.2. The molecule has 0 saturated heterocycles. The van der Waals surface area contributed by atoms with Gasteiger partial charge in [0.15, 0.2) is 0 Å². The fourth-order valence-corrected chi connectivity index (χ4v) is 6.66. The Morgan fingerprint density at radius 1 is 0.708 bits per heavy atom. The molecule has 0 aromatic heterocycles. The molecule has 8 N–H and O–H groups in total. The monoisotopic (exact) mass is 672 g/mol. The standard InChI is InChI=1S/C35H40N6O6S/c1-23-20-32(39-40-34-24(2)19-25-21-28(11-14-30(25)35(34)44)36-26-7-5-4-6-8-26)33(47-3)22-31(23)38-37-27-9-12-29(13-10-27)48(45,46)41(15-17-42)16-18-43/h4-14,19-22,36-40,42-44H,15-18H2,1-3H3. The Morgan fingerprint density at radius 2 is 1.38 bits per heavy atom. The van der Waals surface area contributed by atoms with Crippen LogP contribution in [-0.4, -0.2) is 61.5 Å². The lowest BCUT2D eigenvalue weighted by Crippen LogP contribution is -2.35. The summed E-state index contributed by atoms with van der Waals surface area (Å²) in [5.74, 6) is 0.650. The summed E-state index contributed by atoms with van der Waals surface area (Å²) >= 11 is 0. The van der Waals surface area contributed by atoms with Gasteiger partial charge in [0.25, 0.3) is 0 Å². The van der Waals surface area contributed by atoms with Crippen molar-refractivity contribution in [3.05, 3.63) is 102 Å². The fraction of sp³-hybridized carbons (Fsp3) is 0.200. The van der Waals surface area contributed by atoms with Crippen LogP contribution in [0, 0.1) is 13.8 Å². The first-order valence-electron chi connectivity index (χ1n) is 15.3. The molecule has 0 amide bonds. The summed E-state index contributed by atoms with van der Waals surface area (Å²) in [6.07, 6.45) is 0. The van der Waals surface area contributed by atoms with Crippen LogP contribution >= 0.6 is 0 Å². The quantitative estimate of drug-likeness (QED) is 0.0503. The zero-order valence-electron chi connectivity index (χ0n) is 26.9. The van der Waals surface area contributed by atoms with Crippen LogP contribution in [0.2, 0.25) is 0 Å². The molecule has 12 nitrogen and oxygen atoms in total. The van der Waals surface area contributed by atoms with E-state index in [-0.39, 0.29) is 36.9 Å². The first-order valence-corrected chi connectivity index (χ1v) is 16.7. The van der Waals surface area contributed by atoms with E-state index in [0.717, 1.165) is 37.9 Å². The van der Waals surface area contributed by atoms with E-state index in [4.69, 9.17) is 4.74 Å². The van der Waals surface area contributed by atoms with E-state index in [0.29, 0.717) is 28.2 Å². The maximum atomic E-state index is 12.9. The van der Waals surface area contributed by atoms with Crippen LogP contribution in [0.25, 0.3) is 10.8 Å². The number of para-hydroxylation sites is 1. The summed E-state index contributed by atoms with van der Waals surface area (Å²) in [6, 6.07) is 27.5. The average molecular weight is 673 g/mol. The van der Waals surface area contributed by atoms with E-state index in [1.165, 1.54) is 12.1 Å². The minimum absolute atomic E-state index is 0.0493. The third kappa shape index (κ3) is 7.66. The van der Waals surface area contributed by atoms with Gasteiger partial charge in [0.1, 0.15) is 11.5 Å². The van der Waals surface area contributed by atoms with Crippen LogP contribution < -0.4 is 31.8 Å². The fourth-order valence-electron chi connectivity index (χ4n) is 5.24. The number of fused-ring (bicyclic) bond motifs is 1. The van der Waals surface area contributed by atoms with Gasteiger partial charge in [-0.15, -0.1) is 0 Å². The molecule has 0 unspecified atom stereocenters. The number of sulfonamides is 1. The number of nitrogens with one attached hydrogen (secondary N) is 5. The topological polar surface area (TPSA) is 167 Å². The molecule has 0 saturated carbocycles. The van der Waals surface area contributed by atoms with E-state index in [9.17, 15) is 23.7 Å². The van der Waals surface area contributed by atoms with Crippen molar-refractivity contribution in [1.82, 2.24) is 4.31 Å². The first-order chi connectivity index (χ1) is 23.1. The maximum Gasteiger partial charge on any atom is 0.243 e. The van der Waals surface area contributed by atoms with Gasteiger partial charge in [-0.25, -0.2) is 8.42 Å². The number of ether oxygens (including phenoxy) is 1. The summed E-state index contributed by atoms with van der Waals surface area (Å²) in [5, 5.41) is 34.6. The minimum Gasteiger partial charge on any atom is -0.505 e. The molecule has 252 valence electrons. The summed E-state index contributed by atoms with van der Waals surface area (Å²) < 4.78 is 32.4. The Morgan fingerprint density at radius 3 is 2.04 bits per heavy atom. The van der Waals surface area contributed by atoms with Crippen LogP contribution in [-0.2, 0) is 10.0 Å². The van der Waals surface area contributed by atoms with Crippen molar-refractivity contribution >= 4 is 54.9 Å². The van der Waals surface area contributed by atoms with Crippen LogP contribution in [0.15, 0.2) is 95.9 Å². The molecular weight excluding hydrogens is 632 g/mol. The van der Waals surface area contributed by atoms with Gasteiger partial charge in [-0.05, 0) is 97.1 Å². The van der Waals surface area contributed by atoms with E-state index in [2.05, 4.69) is 27.0 Å². The number of aryl methyl sites for hydroxylation is 2. The highest BCUT2D eigenvalue weighted by Gasteiger charge is 2.23. The lowest BCUT2D eigenvalue weighted by Gasteiger charge is -2.21. The number of rotatable bonds is 15. The van der Waals surface area contributed by atoms with Crippen molar-refractivity contribution in [2.24, 2.45) is 0 Å². The molecule has 0 heterocycles. The van der Waals surface area contributed by atoms with Crippen molar-refractivity contribution in [2.75, 3.05) is 60.4 Å². The van der Waals surface area contributed by atoms with Gasteiger partial charge in [-0.3, -0.25) is 10.9 Å². The second-order valence-corrected chi connectivity index (χ2v) is 13.0. The van der Waals surface area contributed by atoms with Crippen LogP contribution in [0.4, 0.5) is 34.1 Å². The van der Waals surface area contributed by atoms with Gasteiger partial charge in [0.05, 0.1) is 48.0 Å². The number of phenolic OH excluding ortho intramolecular Hbond substituents is 1. The van der Waals surface area contributed by atoms with E-state index >= 15 is 0 Å². The molecule has 13 heteroatoms. The Labute approximate surface area is 280 Å². The minimum atomic E-state index is -3.87. The molecule has 0 spiro atoms. The number of aliphatic hydroxyl groups excluding tert-OH is 2. The molecular formula is C35H40N6O6S. The Kier molecular flexibility index (Phi) is 10.8. The normalized spacial score (nSPS) is 11.4. The predicted molar refractivity (Wildman–Crippen MR) is 192 cm³/mol. The molecule has 5 rings (SSSR count). The van der Waals surface area contributed by atoms with E-state index in [1.807, 2.05) is 74.5 Å². The first kappa shape index (κ1) is 34.1. The van der Waals surface area contributed by atoms with E-state index in [1.54, 1.807) is 25.3 Å². The Hall–Kier alpha value is -5.21. The predicted octanol–water partition coefficient (Wildman–Crippen LogP) is 5.77. The van der Waals surface area contributed by atoms with Gasteiger partial charge in [-0.2, -0.15) is 4.31 Å². The van der Waals surface area contributed by atoms with Gasteiger partial charge >= 0.3 is 0 Å². The third-order valence-electron chi connectivity index (χ3n) is 7.77. The second kappa shape index (κ2) is 15.1. The number of methoxy groups -OCH3 is 1. The summed E-state index contributed by atoms with van der Waals surface area (Å²) in [5.41, 5.74) is 18.6. The largest absolute Gasteiger partial charge is 0.505 e. The second-order valence-electron chi connectivity index (χ2n) is 11.1. The van der Waals surface area contributed by atoms with E-state index < -0.39 is 10.0 Å². The number of aliphatic hydroxyl groups is 2. The molecule has 0 bridgehead atoms. The van der Waals surface area contributed by atoms with Gasteiger partial charge in [0.2, 0.25) is 10.0 Å². The smallest absolute Gasteiger partial charge is 0.243 e. The molecule has 0 aliphatic carbocycles. The number of hydrogen-bond acceptors (Lipinski definition) is 11. The number of benzene rings is 5. The van der Waals surface area contributed by atoms with Crippen LogP contribution in [0.1, 0.15) is 11.1 Å². The number of nitrogens with zero attached hydrogens (tertiary/aromatic N) is 1. The lowest BCUT2D eigenvalue weighted by molar-refractivity contribution is 0.217. The highest BCUT2D eigenvalue weighted by molar-refractivity contribution is 7.89. The Balaban J connectivity index is 1.27. The summed E-state index contributed by atoms with van der Waals surface area (Å²) in [7, 11) is -2.31.